The quantitative estimate of drug-likeness (QED) is 0.859. The first-order valence-electron chi connectivity index (χ1n) is 5.73. The van der Waals surface area contributed by atoms with Gasteiger partial charge in [0.25, 0.3) is 0 Å². The third-order valence-corrected chi connectivity index (χ3v) is 2.77. The van der Waals surface area contributed by atoms with Crippen LogP contribution in [-0.4, -0.2) is 9.67 Å². The van der Waals surface area contributed by atoms with Crippen molar-refractivity contribution in [2.45, 2.75) is 13.1 Å². The number of aryl methyl sites for hydroxylation is 1. The number of nitrogens with zero attached hydrogens (tertiary/aromatic N) is 2. The molecule has 1 aromatic heterocycles. The van der Waals surface area contributed by atoms with E-state index in [1.165, 1.54) is 0 Å². The number of rotatable bonds is 4. The Kier molecular flexibility index (Phi) is 3.66. The van der Waals surface area contributed by atoms with Gasteiger partial charge in [0.2, 0.25) is 0 Å². The monoisotopic (exact) mass is 241 g/mol. The molecule has 0 amide bonds. The van der Waals surface area contributed by atoms with Crippen LogP contribution in [-0.2, 0) is 20.1 Å². The second-order valence-corrected chi connectivity index (χ2v) is 4.23. The van der Waals surface area contributed by atoms with Crippen LogP contribution in [0.3, 0.4) is 0 Å². The van der Waals surface area contributed by atoms with Crippen LogP contribution in [0.1, 0.15) is 16.8 Å². The minimum absolute atomic E-state index is 0.278. The molecule has 0 unspecified atom stereocenters. The number of phenolic OH excluding ortho intramolecular Hbond substituents is 1. The van der Waals surface area contributed by atoms with E-state index < -0.39 is 0 Å². The number of nitriles is 1. The number of hydrogen-bond donors (Lipinski definition) is 2. The summed E-state index contributed by atoms with van der Waals surface area (Å²) in [5, 5.41) is 21.3. The van der Waals surface area contributed by atoms with Gasteiger partial charge in [-0.05, 0) is 29.3 Å². The lowest BCUT2D eigenvalue weighted by Crippen LogP contribution is -2.12. The minimum atomic E-state index is 0.278. The zero-order valence-electron chi connectivity index (χ0n) is 10.2. The van der Waals surface area contributed by atoms with Crippen LogP contribution < -0.4 is 5.32 Å². The Morgan fingerprint density at radius 2 is 1.89 bits per heavy atom. The molecule has 1 heterocycles. The molecule has 18 heavy (non-hydrogen) atoms. The first-order chi connectivity index (χ1) is 8.69. The van der Waals surface area contributed by atoms with Crippen molar-refractivity contribution in [3.63, 3.8) is 0 Å². The standard InChI is InChI=1S/C14H15N3O/c1-17-10-12(6-13(17)7-15)9-16-8-11-2-4-14(18)5-3-11/h2-6,10,16,18H,8-9H2,1H3. The van der Waals surface area contributed by atoms with Gasteiger partial charge < -0.3 is 15.0 Å². The van der Waals surface area contributed by atoms with Crippen LogP contribution in [0.2, 0.25) is 0 Å². The smallest absolute Gasteiger partial charge is 0.120 e. The summed E-state index contributed by atoms with van der Waals surface area (Å²) >= 11 is 0. The van der Waals surface area contributed by atoms with Crippen LogP contribution >= 0.6 is 0 Å². The van der Waals surface area contributed by atoms with Crippen LogP contribution in [0.5, 0.6) is 5.75 Å². The number of aromatic hydroxyl groups is 1. The molecule has 0 aliphatic carbocycles. The van der Waals surface area contributed by atoms with Crippen molar-refractivity contribution < 1.29 is 5.11 Å². The summed E-state index contributed by atoms with van der Waals surface area (Å²) in [6.07, 6.45) is 1.95. The van der Waals surface area contributed by atoms with Gasteiger partial charge in [-0.25, -0.2) is 0 Å². The number of aromatic nitrogens is 1. The van der Waals surface area contributed by atoms with Crippen molar-refractivity contribution >= 4 is 0 Å². The molecule has 4 nitrogen and oxygen atoms in total. The summed E-state index contributed by atoms with van der Waals surface area (Å²) in [4.78, 5) is 0. The second kappa shape index (κ2) is 5.39. The van der Waals surface area contributed by atoms with Crippen LogP contribution in [0.15, 0.2) is 36.5 Å². The van der Waals surface area contributed by atoms with Gasteiger partial charge in [-0.1, -0.05) is 12.1 Å². The van der Waals surface area contributed by atoms with E-state index in [1.54, 1.807) is 12.1 Å². The van der Waals surface area contributed by atoms with Crippen LogP contribution in [0.4, 0.5) is 0 Å². The number of phenols is 1. The molecule has 2 N–H and O–H groups in total. The summed E-state index contributed by atoms with van der Waals surface area (Å²) in [7, 11) is 1.86. The van der Waals surface area contributed by atoms with E-state index in [4.69, 9.17) is 10.4 Å². The molecule has 0 saturated carbocycles. The lowest BCUT2D eigenvalue weighted by Gasteiger charge is -2.03. The van der Waals surface area contributed by atoms with Gasteiger partial charge in [0.05, 0.1) is 0 Å². The molecule has 0 aliphatic rings. The van der Waals surface area contributed by atoms with Crippen molar-refractivity contribution in [3.05, 3.63) is 53.3 Å². The molecular weight excluding hydrogens is 226 g/mol. The molecule has 0 aliphatic heterocycles. The molecule has 0 spiro atoms. The highest BCUT2D eigenvalue weighted by atomic mass is 16.3. The van der Waals surface area contributed by atoms with Crippen molar-refractivity contribution in [1.29, 1.82) is 5.26 Å². The molecule has 0 fully saturated rings. The molecule has 0 atom stereocenters. The minimum Gasteiger partial charge on any atom is -0.508 e. The Bertz CT molecular complexity index is 564. The van der Waals surface area contributed by atoms with Crippen molar-refractivity contribution in [1.82, 2.24) is 9.88 Å². The summed E-state index contributed by atoms with van der Waals surface area (Å²) in [5.74, 6) is 0.278. The first-order valence-corrected chi connectivity index (χ1v) is 5.73. The fourth-order valence-electron chi connectivity index (χ4n) is 1.81. The molecule has 2 aromatic rings. The average Bonchev–Trinajstić information content (AvgIpc) is 2.72. The normalized spacial score (nSPS) is 10.2. The number of benzene rings is 1. The number of hydrogen-bond acceptors (Lipinski definition) is 3. The molecule has 0 saturated heterocycles. The zero-order chi connectivity index (χ0) is 13.0. The molecular formula is C14H15N3O. The fourth-order valence-corrected chi connectivity index (χ4v) is 1.81. The third kappa shape index (κ3) is 2.90. The Morgan fingerprint density at radius 3 is 2.50 bits per heavy atom. The van der Waals surface area contributed by atoms with Gasteiger partial charge in [0, 0.05) is 26.3 Å². The van der Waals surface area contributed by atoms with Gasteiger partial charge in [0.15, 0.2) is 0 Å². The zero-order valence-corrected chi connectivity index (χ0v) is 10.2. The van der Waals surface area contributed by atoms with E-state index in [2.05, 4.69) is 11.4 Å². The average molecular weight is 241 g/mol. The SMILES string of the molecule is Cn1cc(CNCc2ccc(O)cc2)cc1C#N. The Morgan fingerprint density at radius 1 is 1.22 bits per heavy atom. The Hall–Kier alpha value is -2.25. The van der Waals surface area contributed by atoms with Gasteiger partial charge in [-0.15, -0.1) is 0 Å². The van der Waals surface area contributed by atoms with Crippen molar-refractivity contribution in [2.24, 2.45) is 7.05 Å². The summed E-state index contributed by atoms with van der Waals surface area (Å²) in [6.45, 7) is 1.45. The summed E-state index contributed by atoms with van der Waals surface area (Å²) in [6, 6.07) is 11.1. The summed E-state index contributed by atoms with van der Waals surface area (Å²) < 4.78 is 1.82. The van der Waals surface area contributed by atoms with E-state index in [-0.39, 0.29) is 5.75 Å². The molecule has 0 radical (unpaired) electrons. The first kappa shape index (κ1) is 12.2. The van der Waals surface area contributed by atoms with Crippen molar-refractivity contribution in [2.75, 3.05) is 0 Å². The highest BCUT2D eigenvalue weighted by Gasteiger charge is 2.01. The summed E-state index contributed by atoms with van der Waals surface area (Å²) in [5.41, 5.74) is 2.87. The molecule has 4 heteroatoms. The molecule has 1 aromatic carbocycles. The van der Waals surface area contributed by atoms with E-state index in [9.17, 15) is 0 Å². The van der Waals surface area contributed by atoms with E-state index in [0.29, 0.717) is 5.69 Å². The van der Waals surface area contributed by atoms with Gasteiger partial charge in [-0.2, -0.15) is 5.26 Å². The largest absolute Gasteiger partial charge is 0.508 e. The highest BCUT2D eigenvalue weighted by molar-refractivity contribution is 5.28. The lowest BCUT2D eigenvalue weighted by molar-refractivity contribution is 0.475. The third-order valence-electron chi connectivity index (χ3n) is 2.77. The Labute approximate surface area is 106 Å². The Balaban J connectivity index is 1.88. The predicted molar refractivity (Wildman–Crippen MR) is 68.8 cm³/mol. The molecule has 92 valence electrons. The van der Waals surface area contributed by atoms with E-state index >= 15 is 0 Å². The van der Waals surface area contributed by atoms with E-state index in [1.807, 2.05) is 36.0 Å². The van der Waals surface area contributed by atoms with E-state index in [0.717, 1.165) is 24.2 Å². The molecule has 0 bridgehead atoms. The topological polar surface area (TPSA) is 61.0 Å². The maximum Gasteiger partial charge on any atom is 0.120 e. The van der Waals surface area contributed by atoms with Crippen LogP contribution in [0.25, 0.3) is 0 Å². The molecule has 2 rings (SSSR count). The second-order valence-electron chi connectivity index (χ2n) is 4.23. The van der Waals surface area contributed by atoms with Gasteiger partial charge in [0.1, 0.15) is 17.5 Å². The van der Waals surface area contributed by atoms with Gasteiger partial charge >= 0.3 is 0 Å². The van der Waals surface area contributed by atoms with Crippen molar-refractivity contribution in [3.8, 4) is 11.8 Å². The lowest BCUT2D eigenvalue weighted by atomic mass is 10.2. The highest BCUT2D eigenvalue weighted by Crippen LogP contribution is 2.10. The maximum atomic E-state index is 9.17. The van der Waals surface area contributed by atoms with Gasteiger partial charge in [-0.3, -0.25) is 0 Å². The van der Waals surface area contributed by atoms with Crippen LogP contribution in [0, 0.1) is 11.3 Å². The fraction of sp³-hybridized carbons (Fsp3) is 0.214. The maximum absolute atomic E-state index is 9.17. The number of nitrogens with one attached hydrogen (secondary N) is 1. The predicted octanol–water partition coefficient (Wildman–Crippen LogP) is 1.89.